The van der Waals surface area contributed by atoms with E-state index in [0.717, 1.165) is 10.4 Å². The number of carbonyl (C=O) groups is 1. The number of rotatable bonds is 4. The number of aromatic amines is 1. The molecule has 19 heavy (non-hydrogen) atoms. The lowest BCUT2D eigenvalue weighted by Crippen LogP contribution is -2.15. The number of aromatic nitrogens is 1. The SMILES string of the molecule is COC(=O)C(C)CSc1cc2ccccc2c(=O)[nH]1. The number of ether oxygens (including phenoxy) is 1. The average molecular weight is 277 g/mol. The number of fused-ring (bicyclic) bond motifs is 1. The van der Waals surface area contributed by atoms with E-state index in [1.165, 1.54) is 18.9 Å². The van der Waals surface area contributed by atoms with Gasteiger partial charge in [0.1, 0.15) is 0 Å². The summed E-state index contributed by atoms with van der Waals surface area (Å²) in [7, 11) is 1.38. The Morgan fingerprint density at radius 1 is 1.42 bits per heavy atom. The van der Waals surface area contributed by atoms with Gasteiger partial charge in [-0.25, -0.2) is 0 Å². The van der Waals surface area contributed by atoms with Crippen molar-refractivity contribution in [2.45, 2.75) is 11.9 Å². The number of thioether (sulfide) groups is 1. The van der Waals surface area contributed by atoms with Crippen LogP contribution in [0.3, 0.4) is 0 Å². The first-order valence-electron chi connectivity index (χ1n) is 5.94. The first-order chi connectivity index (χ1) is 9.11. The minimum atomic E-state index is -0.240. The largest absolute Gasteiger partial charge is 0.469 e. The molecule has 0 aliphatic carbocycles. The smallest absolute Gasteiger partial charge is 0.309 e. The number of hydrogen-bond donors (Lipinski definition) is 1. The van der Waals surface area contributed by atoms with Crippen molar-refractivity contribution in [1.29, 1.82) is 0 Å². The summed E-state index contributed by atoms with van der Waals surface area (Å²) in [6, 6.07) is 9.35. The van der Waals surface area contributed by atoms with Crippen molar-refractivity contribution in [3.05, 3.63) is 40.7 Å². The fourth-order valence-electron chi connectivity index (χ4n) is 1.75. The van der Waals surface area contributed by atoms with Gasteiger partial charge in [-0.3, -0.25) is 9.59 Å². The Labute approximate surface area is 115 Å². The van der Waals surface area contributed by atoms with Gasteiger partial charge in [-0.1, -0.05) is 25.1 Å². The topological polar surface area (TPSA) is 59.2 Å². The van der Waals surface area contributed by atoms with E-state index in [9.17, 15) is 9.59 Å². The summed E-state index contributed by atoms with van der Waals surface area (Å²) < 4.78 is 4.67. The number of nitrogens with one attached hydrogen (secondary N) is 1. The highest BCUT2D eigenvalue weighted by atomic mass is 32.2. The van der Waals surface area contributed by atoms with Gasteiger partial charge in [-0.05, 0) is 17.5 Å². The van der Waals surface area contributed by atoms with Crippen LogP contribution in [0.15, 0.2) is 40.2 Å². The van der Waals surface area contributed by atoms with Gasteiger partial charge in [0.2, 0.25) is 0 Å². The third-order valence-corrected chi connectivity index (χ3v) is 4.02. The Balaban J connectivity index is 2.18. The maximum Gasteiger partial charge on any atom is 0.309 e. The van der Waals surface area contributed by atoms with Crippen LogP contribution < -0.4 is 5.56 Å². The van der Waals surface area contributed by atoms with Crippen molar-refractivity contribution in [2.75, 3.05) is 12.9 Å². The van der Waals surface area contributed by atoms with E-state index in [-0.39, 0.29) is 17.4 Å². The number of benzene rings is 1. The molecule has 1 N–H and O–H groups in total. The Kier molecular flexibility index (Phi) is 4.27. The molecule has 5 heteroatoms. The molecule has 1 atom stereocenters. The third kappa shape index (κ3) is 3.17. The Morgan fingerprint density at radius 3 is 2.89 bits per heavy atom. The van der Waals surface area contributed by atoms with Crippen molar-refractivity contribution >= 4 is 28.5 Å². The molecule has 2 rings (SSSR count). The van der Waals surface area contributed by atoms with Gasteiger partial charge in [0, 0.05) is 11.1 Å². The molecule has 0 radical (unpaired) electrons. The highest BCUT2D eigenvalue weighted by Gasteiger charge is 2.13. The van der Waals surface area contributed by atoms with Crippen LogP contribution >= 0.6 is 11.8 Å². The van der Waals surface area contributed by atoms with Gasteiger partial charge < -0.3 is 9.72 Å². The summed E-state index contributed by atoms with van der Waals surface area (Å²) in [5, 5.41) is 2.34. The van der Waals surface area contributed by atoms with Gasteiger partial charge in [-0.15, -0.1) is 11.8 Å². The Morgan fingerprint density at radius 2 is 2.16 bits per heavy atom. The maximum atomic E-state index is 11.9. The molecule has 4 nitrogen and oxygen atoms in total. The van der Waals surface area contributed by atoms with Crippen molar-refractivity contribution in [3.63, 3.8) is 0 Å². The second-order valence-corrected chi connectivity index (χ2v) is 5.35. The molecule has 0 saturated carbocycles. The first kappa shape index (κ1) is 13.7. The number of hydrogen-bond acceptors (Lipinski definition) is 4. The zero-order valence-electron chi connectivity index (χ0n) is 10.8. The predicted molar refractivity (Wildman–Crippen MR) is 76.5 cm³/mol. The van der Waals surface area contributed by atoms with Crippen LogP contribution in [0.2, 0.25) is 0 Å². The molecule has 0 bridgehead atoms. The van der Waals surface area contributed by atoms with E-state index in [1.54, 1.807) is 13.0 Å². The number of pyridine rings is 1. The second-order valence-electron chi connectivity index (χ2n) is 4.29. The average Bonchev–Trinajstić information content (AvgIpc) is 2.44. The molecule has 2 aromatic rings. The van der Waals surface area contributed by atoms with Gasteiger partial charge >= 0.3 is 5.97 Å². The van der Waals surface area contributed by atoms with Crippen molar-refractivity contribution < 1.29 is 9.53 Å². The molecule has 0 aliphatic heterocycles. The summed E-state index contributed by atoms with van der Waals surface area (Å²) in [5.74, 6) is 0.127. The first-order valence-corrected chi connectivity index (χ1v) is 6.93. The number of methoxy groups -OCH3 is 1. The molecule has 100 valence electrons. The lowest BCUT2D eigenvalue weighted by Gasteiger charge is -2.08. The Bertz CT molecular complexity index is 650. The molecule has 0 aliphatic rings. The lowest BCUT2D eigenvalue weighted by atomic mass is 10.2. The standard InChI is InChI=1S/C14H15NO3S/c1-9(14(17)18-2)8-19-12-7-10-5-3-4-6-11(10)13(16)15-12/h3-7,9H,8H2,1-2H3,(H,15,16). The van der Waals surface area contributed by atoms with Gasteiger partial charge in [0.15, 0.2) is 0 Å². The number of carbonyl (C=O) groups excluding carboxylic acids is 1. The molecule has 0 spiro atoms. The Hall–Kier alpha value is -1.75. The van der Waals surface area contributed by atoms with Crippen molar-refractivity contribution in [2.24, 2.45) is 5.92 Å². The van der Waals surface area contributed by atoms with E-state index in [4.69, 9.17) is 0 Å². The highest BCUT2D eigenvalue weighted by Crippen LogP contribution is 2.21. The number of H-pyrrole nitrogens is 1. The van der Waals surface area contributed by atoms with Crippen LogP contribution in [-0.4, -0.2) is 23.8 Å². The fourth-order valence-corrected chi connectivity index (χ4v) is 2.69. The van der Waals surface area contributed by atoms with Gasteiger partial charge in [-0.2, -0.15) is 0 Å². The van der Waals surface area contributed by atoms with Crippen LogP contribution in [0.5, 0.6) is 0 Å². The third-order valence-electron chi connectivity index (χ3n) is 2.82. The van der Waals surface area contributed by atoms with Crippen LogP contribution in [0, 0.1) is 5.92 Å². The van der Waals surface area contributed by atoms with E-state index < -0.39 is 0 Å². The molecular formula is C14H15NO3S. The minimum Gasteiger partial charge on any atom is -0.469 e. The molecule has 1 aromatic carbocycles. The zero-order chi connectivity index (χ0) is 13.8. The molecule has 1 unspecified atom stereocenters. The fraction of sp³-hybridized carbons (Fsp3) is 0.286. The quantitative estimate of drug-likeness (QED) is 0.689. The summed E-state index contributed by atoms with van der Waals surface area (Å²) >= 11 is 1.44. The molecule has 1 heterocycles. The van der Waals surface area contributed by atoms with E-state index in [2.05, 4.69) is 9.72 Å². The van der Waals surface area contributed by atoms with E-state index in [1.807, 2.05) is 24.3 Å². The van der Waals surface area contributed by atoms with E-state index in [0.29, 0.717) is 11.1 Å². The molecule has 0 saturated heterocycles. The monoisotopic (exact) mass is 277 g/mol. The highest BCUT2D eigenvalue weighted by molar-refractivity contribution is 7.99. The van der Waals surface area contributed by atoms with E-state index >= 15 is 0 Å². The molecular weight excluding hydrogens is 262 g/mol. The molecule has 0 amide bonds. The van der Waals surface area contributed by atoms with Gasteiger partial charge in [0.25, 0.3) is 5.56 Å². The van der Waals surface area contributed by atoms with Crippen molar-refractivity contribution in [1.82, 2.24) is 4.98 Å². The number of esters is 1. The molecule has 0 fully saturated rings. The van der Waals surface area contributed by atoms with Crippen molar-refractivity contribution in [3.8, 4) is 0 Å². The van der Waals surface area contributed by atoms with Gasteiger partial charge in [0.05, 0.1) is 18.1 Å². The molecule has 1 aromatic heterocycles. The summed E-state index contributed by atoms with van der Waals surface area (Å²) in [6.07, 6.45) is 0. The second kappa shape index (κ2) is 5.93. The maximum absolute atomic E-state index is 11.9. The summed E-state index contributed by atoms with van der Waals surface area (Å²) in [5.41, 5.74) is -0.105. The van der Waals surface area contributed by atoms with Crippen LogP contribution in [0.25, 0.3) is 10.8 Å². The van der Waals surface area contributed by atoms with Crippen LogP contribution in [-0.2, 0) is 9.53 Å². The summed E-state index contributed by atoms with van der Waals surface area (Å²) in [6.45, 7) is 1.80. The predicted octanol–water partition coefficient (Wildman–Crippen LogP) is 2.43. The summed E-state index contributed by atoms with van der Waals surface area (Å²) in [4.78, 5) is 26.0. The van der Waals surface area contributed by atoms with Crippen LogP contribution in [0.1, 0.15) is 6.92 Å². The van der Waals surface area contributed by atoms with Crippen LogP contribution in [0.4, 0.5) is 0 Å². The normalized spacial score (nSPS) is 12.3. The zero-order valence-corrected chi connectivity index (χ0v) is 11.6. The minimum absolute atomic E-state index is 0.105. The lowest BCUT2D eigenvalue weighted by molar-refractivity contribution is -0.143.